The normalized spacial score (nSPS) is 12.2. The van der Waals surface area contributed by atoms with E-state index in [0.29, 0.717) is 23.8 Å². The second-order valence-corrected chi connectivity index (χ2v) is 11.0. The predicted molar refractivity (Wildman–Crippen MR) is 125 cm³/mol. The van der Waals surface area contributed by atoms with Crippen LogP contribution < -0.4 is 5.32 Å². The minimum absolute atomic E-state index is 0.0968. The van der Waals surface area contributed by atoms with E-state index in [9.17, 15) is 13.2 Å². The number of thiazole rings is 1. The number of benzene rings is 2. The molecule has 3 rings (SSSR count). The van der Waals surface area contributed by atoms with E-state index in [1.54, 1.807) is 0 Å². The van der Waals surface area contributed by atoms with Crippen LogP contribution in [0.5, 0.6) is 0 Å². The Morgan fingerprint density at radius 3 is 2.26 bits per heavy atom. The van der Waals surface area contributed by atoms with E-state index >= 15 is 0 Å². The fraction of sp³-hybridized carbons (Fsp3) is 0.304. The summed E-state index contributed by atoms with van der Waals surface area (Å²) in [5.74, 6) is -0.324. The highest BCUT2D eigenvalue weighted by atomic mass is 32.2. The highest BCUT2D eigenvalue weighted by Gasteiger charge is 2.24. The van der Waals surface area contributed by atoms with Crippen LogP contribution in [-0.4, -0.2) is 30.2 Å². The van der Waals surface area contributed by atoms with Gasteiger partial charge in [-0.15, -0.1) is 11.3 Å². The van der Waals surface area contributed by atoms with Gasteiger partial charge in [-0.05, 0) is 29.8 Å². The van der Waals surface area contributed by atoms with Crippen molar-refractivity contribution in [2.45, 2.75) is 44.6 Å². The molecule has 0 aliphatic carbocycles. The molecule has 3 aromatic rings. The van der Waals surface area contributed by atoms with Gasteiger partial charge in [-0.25, -0.2) is 13.4 Å². The third kappa shape index (κ3) is 5.58. The molecule has 0 spiro atoms. The first-order valence-corrected chi connectivity index (χ1v) is 12.3. The molecule has 2 aromatic carbocycles. The fourth-order valence-corrected chi connectivity index (χ4v) is 5.30. The zero-order chi connectivity index (χ0) is 22.6. The van der Waals surface area contributed by atoms with Crippen molar-refractivity contribution in [3.63, 3.8) is 0 Å². The number of amides is 1. The number of hydrogen-bond donors (Lipinski definition) is 1. The predicted octanol–water partition coefficient (Wildman–Crippen LogP) is 4.90. The first kappa shape index (κ1) is 23.1. The third-order valence-electron chi connectivity index (χ3n) is 4.80. The molecule has 31 heavy (non-hydrogen) atoms. The van der Waals surface area contributed by atoms with Gasteiger partial charge in [0, 0.05) is 29.4 Å². The highest BCUT2D eigenvalue weighted by Crippen LogP contribution is 2.27. The van der Waals surface area contributed by atoms with Crippen LogP contribution in [0.15, 0.2) is 64.9 Å². The number of carbonyl (C=O) groups excluding carboxylic acids is 1. The second kappa shape index (κ2) is 9.30. The van der Waals surface area contributed by atoms with Crippen molar-refractivity contribution in [3.05, 3.63) is 76.8 Å². The molecule has 0 bridgehead atoms. The van der Waals surface area contributed by atoms with E-state index in [-0.39, 0.29) is 16.2 Å². The zero-order valence-corrected chi connectivity index (χ0v) is 19.8. The maximum atomic E-state index is 13.1. The van der Waals surface area contributed by atoms with Crippen molar-refractivity contribution in [2.24, 2.45) is 0 Å². The smallest absolute Gasteiger partial charge is 0.257 e. The van der Waals surface area contributed by atoms with Gasteiger partial charge >= 0.3 is 0 Å². The first-order chi connectivity index (χ1) is 14.6. The molecule has 1 aromatic heterocycles. The maximum Gasteiger partial charge on any atom is 0.257 e. The summed E-state index contributed by atoms with van der Waals surface area (Å²) in [7, 11) is -3.67. The number of hydrogen-bond acceptors (Lipinski definition) is 5. The van der Waals surface area contributed by atoms with E-state index < -0.39 is 10.0 Å². The average molecular weight is 458 g/mol. The molecular formula is C23H27N3O3S2. The Morgan fingerprint density at radius 1 is 1.06 bits per heavy atom. The summed E-state index contributed by atoms with van der Waals surface area (Å²) >= 11 is 1.37. The molecule has 0 saturated heterocycles. The summed E-state index contributed by atoms with van der Waals surface area (Å²) in [6.45, 7) is 8.63. The number of anilines is 1. The second-order valence-electron chi connectivity index (χ2n) is 8.18. The van der Waals surface area contributed by atoms with Gasteiger partial charge in [0.1, 0.15) is 0 Å². The van der Waals surface area contributed by atoms with Crippen LogP contribution in [0.25, 0.3) is 0 Å². The van der Waals surface area contributed by atoms with Crippen molar-refractivity contribution in [3.8, 4) is 0 Å². The van der Waals surface area contributed by atoms with Crippen LogP contribution in [0.3, 0.4) is 0 Å². The standard InChI is InChI=1S/C23H27N3O3S2/c1-5-26(15-17-9-7-6-8-10-17)31(28,29)19-13-11-18(12-14-19)21(27)25-22-24-20(16-30-22)23(2,3)4/h6-14,16H,5,15H2,1-4H3,(H,24,25,27). The summed E-state index contributed by atoms with van der Waals surface area (Å²) < 4.78 is 27.5. The van der Waals surface area contributed by atoms with Crippen LogP contribution in [0.4, 0.5) is 5.13 Å². The number of nitrogens with zero attached hydrogens (tertiary/aromatic N) is 2. The van der Waals surface area contributed by atoms with Crippen LogP contribution in [-0.2, 0) is 22.0 Å². The monoisotopic (exact) mass is 457 g/mol. The SMILES string of the molecule is CCN(Cc1ccccc1)S(=O)(=O)c1ccc(C(=O)Nc2nc(C(C)(C)C)cs2)cc1. The molecular weight excluding hydrogens is 430 g/mol. The molecule has 0 radical (unpaired) electrons. The largest absolute Gasteiger partial charge is 0.298 e. The highest BCUT2D eigenvalue weighted by molar-refractivity contribution is 7.89. The van der Waals surface area contributed by atoms with E-state index in [1.165, 1.54) is 39.9 Å². The van der Waals surface area contributed by atoms with Gasteiger partial charge in [-0.2, -0.15) is 4.31 Å². The number of rotatable bonds is 7. The topological polar surface area (TPSA) is 79.4 Å². The van der Waals surface area contributed by atoms with E-state index in [4.69, 9.17) is 0 Å². The number of carbonyl (C=O) groups is 1. The zero-order valence-electron chi connectivity index (χ0n) is 18.1. The van der Waals surface area contributed by atoms with Gasteiger partial charge in [-0.3, -0.25) is 10.1 Å². The molecule has 0 aliphatic heterocycles. The van der Waals surface area contributed by atoms with Crippen LogP contribution >= 0.6 is 11.3 Å². The van der Waals surface area contributed by atoms with Gasteiger partial charge in [0.25, 0.3) is 5.91 Å². The number of nitrogens with one attached hydrogen (secondary N) is 1. The molecule has 1 amide bonds. The maximum absolute atomic E-state index is 13.1. The van der Waals surface area contributed by atoms with Gasteiger partial charge in [0.2, 0.25) is 10.0 Å². The molecule has 0 unspecified atom stereocenters. The van der Waals surface area contributed by atoms with Crippen LogP contribution in [0.2, 0.25) is 0 Å². The number of sulfonamides is 1. The quantitative estimate of drug-likeness (QED) is 0.547. The molecule has 6 nitrogen and oxygen atoms in total. The minimum atomic E-state index is -3.67. The summed E-state index contributed by atoms with van der Waals surface area (Å²) in [6, 6.07) is 15.5. The average Bonchev–Trinajstić information content (AvgIpc) is 3.22. The lowest BCUT2D eigenvalue weighted by molar-refractivity contribution is 0.102. The van der Waals surface area contributed by atoms with Gasteiger partial charge < -0.3 is 0 Å². The van der Waals surface area contributed by atoms with Crippen LogP contribution in [0.1, 0.15) is 49.3 Å². The van der Waals surface area contributed by atoms with Crippen LogP contribution in [0, 0.1) is 0 Å². The van der Waals surface area contributed by atoms with Crippen molar-refractivity contribution >= 4 is 32.4 Å². The van der Waals surface area contributed by atoms with Gasteiger partial charge in [-0.1, -0.05) is 58.0 Å². The Labute approximate surface area is 188 Å². The molecule has 0 atom stereocenters. The van der Waals surface area contributed by atoms with Gasteiger partial charge in [0.15, 0.2) is 5.13 Å². The molecule has 164 valence electrons. The Hall–Kier alpha value is -2.55. The molecule has 0 saturated carbocycles. The third-order valence-corrected chi connectivity index (χ3v) is 7.49. The Kier molecular flexibility index (Phi) is 6.93. The Morgan fingerprint density at radius 2 is 1.71 bits per heavy atom. The Balaban J connectivity index is 1.73. The van der Waals surface area contributed by atoms with Crippen molar-refractivity contribution in [1.82, 2.24) is 9.29 Å². The first-order valence-electron chi connectivity index (χ1n) is 10.0. The molecule has 0 aliphatic rings. The van der Waals surface area contributed by atoms with E-state index in [2.05, 4.69) is 31.1 Å². The molecule has 0 fully saturated rings. The summed E-state index contributed by atoms with van der Waals surface area (Å²) in [5.41, 5.74) is 2.10. The van der Waals surface area contributed by atoms with E-state index in [0.717, 1.165) is 11.3 Å². The lowest BCUT2D eigenvalue weighted by Crippen LogP contribution is -2.30. The lowest BCUT2D eigenvalue weighted by Gasteiger charge is -2.20. The molecule has 1 N–H and O–H groups in total. The Bertz CT molecular complexity index is 1130. The van der Waals surface area contributed by atoms with Crippen molar-refractivity contribution < 1.29 is 13.2 Å². The summed E-state index contributed by atoms with van der Waals surface area (Å²) in [5, 5.41) is 5.23. The summed E-state index contributed by atoms with van der Waals surface area (Å²) in [4.78, 5) is 17.2. The number of aromatic nitrogens is 1. The van der Waals surface area contributed by atoms with E-state index in [1.807, 2.05) is 42.6 Å². The fourth-order valence-electron chi connectivity index (χ4n) is 2.93. The molecule has 1 heterocycles. The van der Waals surface area contributed by atoms with Gasteiger partial charge in [0.05, 0.1) is 10.6 Å². The van der Waals surface area contributed by atoms with Crippen molar-refractivity contribution in [1.29, 1.82) is 0 Å². The molecule has 8 heteroatoms. The summed E-state index contributed by atoms with van der Waals surface area (Å²) in [6.07, 6.45) is 0. The lowest BCUT2D eigenvalue weighted by atomic mass is 9.93. The minimum Gasteiger partial charge on any atom is -0.298 e. The van der Waals surface area contributed by atoms with Crippen molar-refractivity contribution in [2.75, 3.05) is 11.9 Å².